The molecular formula is C25H29NO4. The van der Waals surface area contributed by atoms with Crippen LogP contribution in [0.3, 0.4) is 0 Å². The second-order valence-corrected chi connectivity index (χ2v) is 8.78. The van der Waals surface area contributed by atoms with Gasteiger partial charge in [0.2, 0.25) is 0 Å². The highest BCUT2D eigenvalue weighted by molar-refractivity contribution is 5.95. The molecule has 1 saturated heterocycles. The first-order valence-electron chi connectivity index (χ1n) is 10.9. The Hall–Kier alpha value is -2.82. The first kappa shape index (κ1) is 20.5. The molecule has 0 atom stereocenters. The van der Waals surface area contributed by atoms with Crippen molar-refractivity contribution in [3.63, 3.8) is 0 Å². The van der Waals surface area contributed by atoms with Gasteiger partial charge in [0.05, 0.1) is 12.5 Å². The first-order valence-corrected chi connectivity index (χ1v) is 10.9. The Morgan fingerprint density at radius 3 is 2.07 bits per heavy atom. The van der Waals surface area contributed by atoms with Crippen LogP contribution in [0.25, 0.3) is 11.1 Å². The van der Waals surface area contributed by atoms with Crippen LogP contribution in [0, 0.1) is 11.8 Å². The number of benzene rings is 2. The van der Waals surface area contributed by atoms with Gasteiger partial charge in [-0.25, -0.2) is 0 Å². The van der Waals surface area contributed by atoms with Gasteiger partial charge in [-0.3, -0.25) is 9.59 Å². The number of ether oxygens (including phenoxy) is 1. The van der Waals surface area contributed by atoms with Crippen LogP contribution in [-0.2, 0) is 4.79 Å². The number of carboxylic acid groups (broad SMARTS) is 1. The van der Waals surface area contributed by atoms with E-state index in [0.29, 0.717) is 24.8 Å². The highest BCUT2D eigenvalue weighted by Crippen LogP contribution is 2.29. The molecule has 2 aromatic carbocycles. The molecule has 0 spiro atoms. The van der Waals surface area contributed by atoms with Crippen molar-refractivity contribution in [2.24, 2.45) is 11.8 Å². The van der Waals surface area contributed by atoms with Crippen LogP contribution >= 0.6 is 0 Å². The monoisotopic (exact) mass is 407 g/mol. The molecule has 2 aliphatic rings. The molecule has 0 radical (unpaired) electrons. The van der Waals surface area contributed by atoms with E-state index in [1.54, 1.807) is 4.90 Å². The van der Waals surface area contributed by atoms with Crippen LogP contribution in [0.4, 0.5) is 0 Å². The largest absolute Gasteiger partial charge is 0.490 e. The van der Waals surface area contributed by atoms with Crippen LogP contribution in [0.5, 0.6) is 5.75 Å². The minimum atomic E-state index is -0.804. The zero-order chi connectivity index (χ0) is 21.1. The Balaban J connectivity index is 1.32. The lowest BCUT2D eigenvalue weighted by atomic mass is 9.89. The number of carbonyl (C=O) groups excluding carboxylic acids is 1. The summed E-state index contributed by atoms with van der Waals surface area (Å²) in [4.78, 5) is 25.0. The Bertz CT molecular complexity index is 876. The Labute approximate surface area is 177 Å². The third kappa shape index (κ3) is 4.84. The summed E-state index contributed by atoms with van der Waals surface area (Å²) in [5.74, 6) is 0.964. The highest BCUT2D eigenvalue weighted by atomic mass is 16.5. The van der Waals surface area contributed by atoms with Crippen molar-refractivity contribution < 1.29 is 19.4 Å². The number of likely N-dealkylation sites (tertiary alicyclic amines) is 1. The van der Waals surface area contributed by atoms with Crippen LogP contribution in [0.1, 0.15) is 49.4 Å². The second kappa shape index (κ2) is 8.90. The maximum absolute atomic E-state index is 12.5. The molecule has 30 heavy (non-hydrogen) atoms. The van der Waals surface area contributed by atoms with Gasteiger partial charge in [0.15, 0.2) is 0 Å². The number of hydrogen-bond acceptors (Lipinski definition) is 3. The molecule has 1 heterocycles. The second-order valence-electron chi connectivity index (χ2n) is 8.78. The number of rotatable bonds is 6. The molecule has 1 aliphatic heterocycles. The van der Waals surface area contributed by atoms with Crippen molar-refractivity contribution >= 4 is 11.9 Å². The van der Waals surface area contributed by atoms with E-state index in [2.05, 4.69) is 19.1 Å². The van der Waals surface area contributed by atoms with Crippen LogP contribution in [-0.4, -0.2) is 41.1 Å². The Kier molecular flexibility index (Phi) is 6.07. The molecule has 5 nitrogen and oxygen atoms in total. The summed E-state index contributed by atoms with van der Waals surface area (Å²) < 4.78 is 6.14. The summed E-state index contributed by atoms with van der Waals surface area (Å²) >= 11 is 0. The van der Waals surface area contributed by atoms with Gasteiger partial charge in [0, 0.05) is 24.6 Å². The fourth-order valence-corrected chi connectivity index (χ4v) is 4.37. The lowest BCUT2D eigenvalue weighted by molar-refractivity contribution is -0.139. The van der Waals surface area contributed by atoms with Gasteiger partial charge in [0.1, 0.15) is 5.75 Å². The van der Waals surface area contributed by atoms with Gasteiger partial charge in [-0.2, -0.15) is 0 Å². The normalized spacial score (nSPS) is 21.7. The molecule has 1 amide bonds. The molecule has 2 aromatic rings. The molecule has 0 unspecified atom stereocenters. The van der Waals surface area contributed by atoms with Gasteiger partial charge < -0.3 is 14.7 Å². The van der Waals surface area contributed by atoms with Crippen molar-refractivity contribution in [1.82, 2.24) is 4.90 Å². The van der Waals surface area contributed by atoms with Crippen LogP contribution < -0.4 is 4.74 Å². The molecule has 1 saturated carbocycles. The molecule has 0 aromatic heterocycles. The highest BCUT2D eigenvalue weighted by Gasteiger charge is 2.32. The zero-order valence-corrected chi connectivity index (χ0v) is 17.4. The fraction of sp³-hybridized carbons (Fsp3) is 0.440. The van der Waals surface area contributed by atoms with Gasteiger partial charge in [-0.1, -0.05) is 31.2 Å². The summed E-state index contributed by atoms with van der Waals surface area (Å²) in [5, 5.41) is 8.83. The third-order valence-electron chi connectivity index (χ3n) is 6.29. The summed E-state index contributed by atoms with van der Waals surface area (Å²) in [6.45, 7) is 3.35. The van der Waals surface area contributed by atoms with E-state index in [0.717, 1.165) is 35.6 Å². The molecule has 5 heteroatoms. The van der Waals surface area contributed by atoms with Gasteiger partial charge in [0.25, 0.3) is 5.91 Å². The number of hydrogen-bond donors (Lipinski definition) is 1. The lowest BCUT2D eigenvalue weighted by Crippen LogP contribution is -2.50. The van der Waals surface area contributed by atoms with E-state index in [1.165, 1.54) is 12.8 Å². The summed E-state index contributed by atoms with van der Waals surface area (Å²) in [6, 6.07) is 15.8. The summed E-state index contributed by atoms with van der Waals surface area (Å²) in [6.07, 6.45) is 5.20. The maximum atomic E-state index is 12.5. The number of nitrogens with zero attached hydrogens (tertiary/aromatic N) is 1. The van der Waals surface area contributed by atoms with Crippen molar-refractivity contribution in [3.05, 3.63) is 54.1 Å². The van der Waals surface area contributed by atoms with E-state index < -0.39 is 5.97 Å². The van der Waals surface area contributed by atoms with Crippen molar-refractivity contribution in [2.45, 2.75) is 45.1 Å². The van der Waals surface area contributed by atoms with E-state index in [9.17, 15) is 9.59 Å². The van der Waals surface area contributed by atoms with Gasteiger partial charge in [-0.15, -0.1) is 0 Å². The van der Waals surface area contributed by atoms with E-state index in [-0.39, 0.29) is 18.2 Å². The SMILES string of the molecule is CC1CCC(Oc2ccc(-c3ccc(C(=O)N4CC(CC(=O)O)C4)cc3)cc2)CC1. The van der Waals surface area contributed by atoms with Crippen LogP contribution in [0.15, 0.2) is 48.5 Å². The topological polar surface area (TPSA) is 66.8 Å². The van der Waals surface area contributed by atoms with E-state index in [4.69, 9.17) is 9.84 Å². The molecule has 1 N–H and O–H groups in total. The zero-order valence-electron chi connectivity index (χ0n) is 17.4. The molecular weight excluding hydrogens is 378 g/mol. The quantitative estimate of drug-likeness (QED) is 0.743. The minimum absolute atomic E-state index is 0.0336. The Morgan fingerprint density at radius 1 is 0.933 bits per heavy atom. The third-order valence-corrected chi connectivity index (χ3v) is 6.29. The average molecular weight is 408 g/mol. The van der Waals surface area contributed by atoms with Gasteiger partial charge >= 0.3 is 5.97 Å². The number of carbonyl (C=O) groups is 2. The molecule has 0 bridgehead atoms. The van der Waals surface area contributed by atoms with E-state index in [1.807, 2.05) is 36.4 Å². The molecule has 158 valence electrons. The lowest BCUT2D eigenvalue weighted by Gasteiger charge is -2.38. The van der Waals surface area contributed by atoms with Crippen molar-refractivity contribution in [1.29, 1.82) is 0 Å². The Morgan fingerprint density at radius 2 is 1.50 bits per heavy atom. The number of aliphatic carboxylic acids is 1. The fourth-order valence-electron chi connectivity index (χ4n) is 4.37. The molecule has 2 fully saturated rings. The number of carboxylic acids is 1. The molecule has 1 aliphatic carbocycles. The summed E-state index contributed by atoms with van der Waals surface area (Å²) in [5.41, 5.74) is 2.78. The first-order chi connectivity index (χ1) is 14.5. The number of amides is 1. The standard InChI is InChI=1S/C25H29NO4/c1-17-2-10-22(11-3-17)30-23-12-8-20(9-13-23)19-4-6-21(7-5-19)25(29)26-15-18(16-26)14-24(27)28/h4-9,12-13,17-18,22H,2-3,10-11,14-16H2,1H3,(H,27,28). The van der Waals surface area contributed by atoms with E-state index >= 15 is 0 Å². The minimum Gasteiger partial charge on any atom is -0.490 e. The van der Waals surface area contributed by atoms with Crippen molar-refractivity contribution in [3.8, 4) is 16.9 Å². The smallest absolute Gasteiger partial charge is 0.303 e. The van der Waals surface area contributed by atoms with Gasteiger partial charge in [-0.05, 0) is 67.0 Å². The molecule has 4 rings (SSSR count). The summed E-state index contributed by atoms with van der Waals surface area (Å²) in [7, 11) is 0. The maximum Gasteiger partial charge on any atom is 0.303 e. The van der Waals surface area contributed by atoms with Crippen molar-refractivity contribution in [2.75, 3.05) is 13.1 Å². The van der Waals surface area contributed by atoms with Crippen LogP contribution in [0.2, 0.25) is 0 Å². The predicted molar refractivity (Wildman–Crippen MR) is 116 cm³/mol. The predicted octanol–water partition coefficient (Wildman–Crippen LogP) is 4.86. The average Bonchev–Trinajstić information content (AvgIpc) is 2.72.